The second kappa shape index (κ2) is 8.10. The molecular weight excluding hydrogens is 292 g/mol. The van der Waals surface area contributed by atoms with Gasteiger partial charge in [0.2, 0.25) is 0 Å². The first-order chi connectivity index (χ1) is 10.6. The number of hydrogen-bond acceptors (Lipinski definition) is 3. The lowest BCUT2D eigenvalue weighted by molar-refractivity contribution is -0.114. The Morgan fingerprint density at radius 1 is 1.55 bits per heavy atom. The van der Waals surface area contributed by atoms with Crippen molar-refractivity contribution in [1.29, 1.82) is 0 Å². The Morgan fingerprint density at radius 2 is 2.36 bits per heavy atom. The number of hydrogen-bond donors (Lipinski definition) is 0. The Hall–Kier alpha value is -1.66. The van der Waals surface area contributed by atoms with Crippen LogP contribution in [0.3, 0.4) is 0 Å². The molecule has 2 heterocycles. The van der Waals surface area contributed by atoms with Gasteiger partial charge in [0, 0.05) is 22.7 Å². The third-order valence-corrected chi connectivity index (χ3v) is 4.99. The minimum Gasteiger partial charge on any atom is -0.485 e. The molecule has 0 saturated heterocycles. The largest absolute Gasteiger partial charge is 0.485 e. The minimum atomic E-state index is 0.237. The fourth-order valence-electron chi connectivity index (χ4n) is 2.48. The summed E-state index contributed by atoms with van der Waals surface area (Å²) >= 11 is 1.66. The van der Waals surface area contributed by atoms with E-state index in [4.69, 9.17) is 11.2 Å². The number of Topliss-reactive ketones (excluding diaryl/α,β-unsaturated/α-hetero) is 1. The smallest absolute Gasteiger partial charge is 0.172 e. The molecule has 0 bridgehead atoms. The molecule has 116 valence electrons. The van der Waals surface area contributed by atoms with Gasteiger partial charge >= 0.3 is 0 Å². The molecule has 0 aromatic rings. The molecule has 2 aliphatic heterocycles. The average Bonchev–Trinajstić information content (AvgIpc) is 3.07. The molecule has 22 heavy (non-hydrogen) atoms. The number of allylic oxidation sites excluding steroid dienone is 7. The maximum atomic E-state index is 12.1. The summed E-state index contributed by atoms with van der Waals surface area (Å²) in [5.41, 5.74) is 3.13. The SMILES string of the molecule is C#CC1=C(/C=C(\C)C(=C)CCC(=O)C2=CCCS2)CCCO1. The maximum absolute atomic E-state index is 12.1. The highest BCUT2D eigenvalue weighted by atomic mass is 32.2. The molecule has 0 atom stereocenters. The lowest BCUT2D eigenvalue weighted by Gasteiger charge is -2.16. The third-order valence-electron chi connectivity index (χ3n) is 3.84. The Bertz CT molecular complexity index is 599. The Kier molecular flexibility index (Phi) is 6.15. The topological polar surface area (TPSA) is 26.3 Å². The summed E-state index contributed by atoms with van der Waals surface area (Å²) in [5.74, 6) is 4.51. The Balaban J connectivity index is 1.94. The highest BCUT2D eigenvalue weighted by Gasteiger charge is 2.15. The van der Waals surface area contributed by atoms with Crippen LogP contribution in [0.1, 0.15) is 39.0 Å². The molecule has 0 radical (unpaired) electrons. The van der Waals surface area contributed by atoms with Crippen molar-refractivity contribution in [3.63, 3.8) is 0 Å². The highest BCUT2D eigenvalue weighted by molar-refractivity contribution is 8.04. The van der Waals surface area contributed by atoms with Crippen LogP contribution in [0, 0.1) is 12.3 Å². The second-order valence-electron chi connectivity index (χ2n) is 5.51. The number of terminal acetylenes is 1. The van der Waals surface area contributed by atoms with Crippen molar-refractivity contribution >= 4 is 17.5 Å². The standard InChI is InChI=1S/C19H22O2S/c1-4-18-16(7-5-11-21-18)13-15(3)14(2)9-10-17(20)19-8-6-12-22-19/h1,8,13H,2,5-7,9-12H2,3H3/b15-13+. The summed E-state index contributed by atoms with van der Waals surface area (Å²) in [6, 6.07) is 0. The molecule has 0 N–H and O–H groups in total. The van der Waals surface area contributed by atoms with E-state index in [1.807, 2.05) is 13.0 Å². The quantitative estimate of drug-likeness (QED) is 0.531. The molecule has 0 unspecified atom stereocenters. The average molecular weight is 314 g/mol. The zero-order chi connectivity index (χ0) is 15.9. The highest BCUT2D eigenvalue weighted by Crippen LogP contribution is 2.28. The summed E-state index contributed by atoms with van der Waals surface area (Å²) in [6.07, 6.45) is 13.7. The van der Waals surface area contributed by atoms with Crippen molar-refractivity contribution in [2.75, 3.05) is 12.4 Å². The Labute approximate surface area is 137 Å². The molecule has 2 rings (SSSR count). The van der Waals surface area contributed by atoms with Crippen LogP contribution < -0.4 is 0 Å². The monoisotopic (exact) mass is 314 g/mol. The first-order valence-corrected chi connectivity index (χ1v) is 8.65. The van der Waals surface area contributed by atoms with Crippen molar-refractivity contribution in [1.82, 2.24) is 0 Å². The molecule has 0 aromatic heterocycles. The predicted molar refractivity (Wildman–Crippen MR) is 93.3 cm³/mol. The van der Waals surface area contributed by atoms with Crippen LogP contribution >= 0.6 is 11.8 Å². The van der Waals surface area contributed by atoms with Crippen LogP contribution in [0.4, 0.5) is 0 Å². The fourth-order valence-corrected chi connectivity index (χ4v) is 3.43. The van der Waals surface area contributed by atoms with Gasteiger partial charge in [-0.05, 0) is 44.1 Å². The van der Waals surface area contributed by atoms with Crippen molar-refractivity contribution < 1.29 is 9.53 Å². The van der Waals surface area contributed by atoms with Gasteiger partial charge in [-0.3, -0.25) is 4.79 Å². The van der Waals surface area contributed by atoms with Gasteiger partial charge in [0.1, 0.15) is 0 Å². The predicted octanol–water partition coefficient (Wildman–Crippen LogP) is 4.56. The van der Waals surface area contributed by atoms with Gasteiger partial charge in [-0.25, -0.2) is 0 Å². The van der Waals surface area contributed by atoms with E-state index < -0.39 is 0 Å². The van der Waals surface area contributed by atoms with Crippen molar-refractivity contribution in [3.8, 4) is 12.3 Å². The summed E-state index contributed by atoms with van der Waals surface area (Å²) < 4.78 is 5.49. The molecule has 0 saturated carbocycles. The van der Waals surface area contributed by atoms with Gasteiger partial charge in [0.15, 0.2) is 11.5 Å². The van der Waals surface area contributed by atoms with Crippen LogP contribution in [0.2, 0.25) is 0 Å². The summed E-state index contributed by atoms with van der Waals surface area (Å²) in [6.45, 7) is 6.82. The van der Waals surface area contributed by atoms with Crippen LogP contribution in [-0.2, 0) is 9.53 Å². The fraction of sp³-hybridized carbons (Fsp3) is 0.421. The molecule has 0 aliphatic carbocycles. The van der Waals surface area contributed by atoms with Gasteiger partial charge in [-0.15, -0.1) is 18.2 Å². The van der Waals surface area contributed by atoms with Crippen LogP contribution in [0.5, 0.6) is 0 Å². The van der Waals surface area contributed by atoms with Crippen LogP contribution in [0.25, 0.3) is 0 Å². The number of thioether (sulfide) groups is 1. The Morgan fingerprint density at radius 3 is 3.05 bits per heavy atom. The van der Waals surface area contributed by atoms with Crippen molar-refractivity contribution in [2.24, 2.45) is 0 Å². The van der Waals surface area contributed by atoms with E-state index in [1.54, 1.807) is 11.8 Å². The number of ether oxygens (including phenoxy) is 1. The lowest BCUT2D eigenvalue weighted by atomic mass is 9.97. The van der Waals surface area contributed by atoms with E-state index in [2.05, 4.69) is 18.6 Å². The third kappa shape index (κ3) is 4.42. The van der Waals surface area contributed by atoms with E-state index in [-0.39, 0.29) is 5.78 Å². The van der Waals surface area contributed by atoms with E-state index in [0.717, 1.165) is 46.6 Å². The van der Waals surface area contributed by atoms with Gasteiger partial charge < -0.3 is 4.74 Å². The normalized spacial score (nSPS) is 18.5. The second-order valence-corrected chi connectivity index (χ2v) is 6.65. The molecule has 2 nitrogen and oxygen atoms in total. The number of carbonyl (C=O) groups is 1. The zero-order valence-corrected chi connectivity index (χ0v) is 13.9. The van der Waals surface area contributed by atoms with E-state index >= 15 is 0 Å². The number of rotatable bonds is 6. The van der Waals surface area contributed by atoms with Crippen LogP contribution in [-0.4, -0.2) is 18.1 Å². The molecule has 3 heteroatoms. The number of ketones is 1. The molecule has 0 spiro atoms. The van der Waals surface area contributed by atoms with Crippen LogP contribution in [0.15, 0.2) is 46.1 Å². The summed E-state index contributed by atoms with van der Waals surface area (Å²) in [5, 5.41) is 0. The number of carbonyl (C=O) groups excluding carboxylic acids is 1. The molecule has 2 aliphatic rings. The summed E-state index contributed by atoms with van der Waals surface area (Å²) in [7, 11) is 0. The van der Waals surface area contributed by atoms with Gasteiger partial charge in [-0.1, -0.05) is 24.3 Å². The minimum absolute atomic E-state index is 0.237. The lowest BCUT2D eigenvalue weighted by Crippen LogP contribution is -2.05. The van der Waals surface area contributed by atoms with Gasteiger partial charge in [0.25, 0.3) is 0 Å². The van der Waals surface area contributed by atoms with Gasteiger partial charge in [-0.2, -0.15) is 0 Å². The first-order valence-electron chi connectivity index (χ1n) is 7.67. The van der Waals surface area contributed by atoms with Crippen molar-refractivity contribution in [2.45, 2.75) is 39.0 Å². The first kappa shape index (κ1) is 16.7. The van der Waals surface area contributed by atoms with E-state index in [0.29, 0.717) is 25.2 Å². The van der Waals surface area contributed by atoms with E-state index in [1.165, 1.54) is 0 Å². The molecule has 0 fully saturated rings. The molecule has 0 amide bonds. The molecular formula is C19H22O2S. The van der Waals surface area contributed by atoms with E-state index in [9.17, 15) is 4.79 Å². The van der Waals surface area contributed by atoms with Crippen molar-refractivity contribution in [3.05, 3.63) is 46.1 Å². The zero-order valence-electron chi connectivity index (χ0n) is 13.1. The molecule has 0 aromatic carbocycles. The maximum Gasteiger partial charge on any atom is 0.172 e. The summed E-state index contributed by atoms with van der Waals surface area (Å²) in [4.78, 5) is 13.0. The van der Waals surface area contributed by atoms with Gasteiger partial charge in [0.05, 0.1) is 6.61 Å².